The lowest BCUT2D eigenvalue weighted by Crippen LogP contribution is -2.46. The van der Waals surface area contributed by atoms with Crippen LogP contribution in [0.2, 0.25) is 0 Å². The fourth-order valence-corrected chi connectivity index (χ4v) is 5.69. The predicted molar refractivity (Wildman–Crippen MR) is 139 cm³/mol. The Morgan fingerprint density at radius 3 is 2.47 bits per heavy atom. The quantitative estimate of drug-likeness (QED) is 0.298. The maximum atomic E-state index is 12.8. The molecule has 1 aliphatic heterocycles. The number of carbonyl (C=O) groups excluding carboxylic acids is 2. The Kier molecular flexibility index (Phi) is 8.35. The molecule has 0 spiro atoms. The number of nitrogens with zero attached hydrogens (tertiary/aromatic N) is 1. The highest BCUT2D eigenvalue weighted by molar-refractivity contribution is 5.71. The molecule has 1 heterocycles. The first-order chi connectivity index (χ1) is 17.2. The molecular formula is C30H39NO5. The van der Waals surface area contributed by atoms with E-state index < -0.39 is 0 Å². The molecule has 0 N–H and O–H groups in total. The molecule has 2 aromatic rings. The lowest BCUT2D eigenvalue weighted by Gasteiger charge is -2.35. The van der Waals surface area contributed by atoms with Crippen LogP contribution in [0.25, 0.3) is 0 Å². The van der Waals surface area contributed by atoms with Crippen molar-refractivity contribution in [2.45, 2.75) is 77.5 Å². The van der Waals surface area contributed by atoms with Gasteiger partial charge in [0.25, 0.3) is 0 Å². The molecule has 1 amide bonds. The Labute approximate surface area is 214 Å². The van der Waals surface area contributed by atoms with Crippen molar-refractivity contribution < 1.29 is 23.8 Å². The van der Waals surface area contributed by atoms with Crippen molar-refractivity contribution in [1.82, 2.24) is 4.90 Å². The molecule has 1 saturated heterocycles. The van der Waals surface area contributed by atoms with E-state index in [0.29, 0.717) is 25.7 Å². The molecule has 4 rings (SSSR count). The minimum absolute atomic E-state index is 0.132. The van der Waals surface area contributed by atoms with Crippen molar-refractivity contribution in [3.05, 3.63) is 70.8 Å². The lowest BCUT2D eigenvalue weighted by molar-refractivity contribution is -0.141. The SMILES string of the molecule is CC(=O)OCCCc1ccccc1[C@@H](C)OC[C@H]1CN(C(C)(C)CC2Cc3ccccc3C2)C(=O)O1. The zero-order chi connectivity index (χ0) is 25.7. The second-order valence-electron chi connectivity index (χ2n) is 10.8. The van der Waals surface area contributed by atoms with E-state index in [1.165, 1.54) is 23.6 Å². The number of carbonyl (C=O) groups is 2. The maximum Gasteiger partial charge on any atom is 0.410 e. The number of aryl methyl sites for hydroxylation is 1. The van der Waals surface area contributed by atoms with Gasteiger partial charge in [-0.3, -0.25) is 9.69 Å². The van der Waals surface area contributed by atoms with Crippen LogP contribution in [-0.2, 0) is 38.3 Å². The summed E-state index contributed by atoms with van der Waals surface area (Å²) < 4.78 is 17.0. The van der Waals surface area contributed by atoms with Crippen LogP contribution in [0.4, 0.5) is 4.79 Å². The molecule has 0 saturated carbocycles. The number of esters is 1. The van der Waals surface area contributed by atoms with Crippen LogP contribution < -0.4 is 0 Å². The van der Waals surface area contributed by atoms with Crippen molar-refractivity contribution in [2.75, 3.05) is 19.8 Å². The molecule has 2 atom stereocenters. The van der Waals surface area contributed by atoms with Crippen molar-refractivity contribution in [3.63, 3.8) is 0 Å². The van der Waals surface area contributed by atoms with E-state index in [9.17, 15) is 9.59 Å². The van der Waals surface area contributed by atoms with E-state index in [4.69, 9.17) is 14.2 Å². The van der Waals surface area contributed by atoms with Crippen molar-refractivity contribution in [3.8, 4) is 0 Å². The topological polar surface area (TPSA) is 65.1 Å². The first-order valence-corrected chi connectivity index (χ1v) is 13.1. The van der Waals surface area contributed by atoms with Gasteiger partial charge in [-0.1, -0.05) is 48.5 Å². The number of fused-ring (bicyclic) bond motifs is 1. The normalized spacial score (nSPS) is 18.7. The second-order valence-corrected chi connectivity index (χ2v) is 10.8. The van der Waals surface area contributed by atoms with Crippen LogP contribution in [0.5, 0.6) is 0 Å². The number of cyclic esters (lactones) is 1. The van der Waals surface area contributed by atoms with Gasteiger partial charge in [0.05, 0.1) is 25.9 Å². The van der Waals surface area contributed by atoms with Gasteiger partial charge in [-0.2, -0.15) is 0 Å². The summed E-state index contributed by atoms with van der Waals surface area (Å²) in [4.78, 5) is 25.7. The highest BCUT2D eigenvalue weighted by Crippen LogP contribution is 2.36. The van der Waals surface area contributed by atoms with Crippen molar-refractivity contribution >= 4 is 12.1 Å². The lowest BCUT2D eigenvalue weighted by atomic mass is 9.87. The average Bonchev–Trinajstić information content (AvgIpc) is 3.42. The standard InChI is InChI=1S/C30H39NO5/c1-21(28-14-8-7-10-24(28)13-9-15-34-22(2)32)35-20-27-19-31(29(33)36-27)30(3,4)18-23-16-25-11-5-6-12-26(25)17-23/h5-8,10-12,14,21,23,27H,9,13,15-20H2,1-4H3/t21-,27-/m1/s1. The number of hydrogen-bond donors (Lipinski definition) is 0. The smallest absolute Gasteiger partial charge is 0.410 e. The third-order valence-corrected chi connectivity index (χ3v) is 7.45. The zero-order valence-corrected chi connectivity index (χ0v) is 22.0. The van der Waals surface area contributed by atoms with E-state index in [1.54, 1.807) is 0 Å². The summed E-state index contributed by atoms with van der Waals surface area (Å²) >= 11 is 0. The summed E-state index contributed by atoms with van der Waals surface area (Å²) in [5.41, 5.74) is 4.89. The monoisotopic (exact) mass is 493 g/mol. The minimum Gasteiger partial charge on any atom is -0.466 e. The minimum atomic E-state index is -0.281. The highest BCUT2D eigenvalue weighted by Gasteiger charge is 2.42. The van der Waals surface area contributed by atoms with Gasteiger partial charge in [0.15, 0.2) is 0 Å². The van der Waals surface area contributed by atoms with Gasteiger partial charge in [-0.05, 0) is 81.0 Å². The van der Waals surface area contributed by atoms with E-state index in [1.807, 2.05) is 24.0 Å². The molecular weight excluding hydrogens is 454 g/mol. The fourth-order valence-electron chi connectivity index (χ4n) is 5.69. The van der Waals surface area contributed by atoms with Crippen molar-refractivity contribution in [1.29, 1.82) is 0 Å². The Morgan fingerprint density at radius 2 is 1.78 bits per heavy atom. The van der Waals surface area contributed by atoms with Gasteiger partial charge < -0.3 is 14.2 Å². The van der Waals surface area contributed by atoms with Crippen molar-refractivity contribution in [2.24, 2.45) is 5.92 Å². The van der Waals surface area contributed by atoms with E-state index in [0.717, 1.165) is 37.7 Å². The molecule has 194 valence electrons. The van der Waals surface area contributed by atoms with E-state index in [2.05, 4.69) is 50.2 Å². The van der Waals surface area contributed by atoms with Gasteiger partial charge in [0, 0.05) is 12.5 Å². The summed E-state index contributed by atoms with van der Waals surface area (Å²) in [6, 6.07) is 16.8. The average molecular weight is 494 g/mol. The van der Waals surface area contributed by atoms with Gasteiger partial charge in [0.1, 0.15) is 6.10 Å². The zero-order valence-electron chi connectivity index (χ0n) is 22.0. The number of ether oxygens (including phenoxy) is 3. The fraction of sp³-hybridized carbons (Fsp3) is 0.533. The molecule has 0 bridgehead atoms. The molecule has 6 heteroatoms. The van der Waals surface area contributed by atoms with Crippen LogP contribution in [0, 0.1) is 5.92 Å². The van der Waals surface area contributed by atoms with Crippen LogP contribution in [0.15, 0.2) is 48.5 Å². The molecule has 2 aliphatic rings. The maximum absolute atomic E-state index is 12.8. The molecule has 0 aromatic heterocycles. The summed E-state index contributed by atoms with van der Waals surface area (Å²) in [7, 11) is 0. The molecule has 0 unspecified atom stereocenters. The summed E-state index contributed by atoms with van der Waals surface area (Å²) in [5, 5.41) is 0. The number of hydrogen-bond acceptors (Lipinski definition) is 5. The first kappa shape index (κ1) is 26.2. The summed E-state index contributed by atoms with van der Waals surface area (Å²) in [6.45, 7) is 9.06. The predicted octanol–water partition coefficient (Wildman–Crippen LogP) is 5.66. The first-order valence-electron chi connectivity index (χ1n) is 13.1. The van der Waals surface area contributed by atoms with Gasteiger partial charge in [-0.25, -0.2) is 4.79 Å². The summed E-state index contributed by atoms with van der Waals surface area (Å²) in [5.74, 6) is 0.287. The van der Waals surface area contributed by atoms with E-state index >= 15 is 0 Å². The Hall–Kier alpha value is -2.86. The van der Waals surface area contributed by atoms with Crippen LogP contribution >= 0.6 is 0 Å². The number of rotatable bonds is 11. The molecule has 1 aliphatic carbocycles. The highest BCUT2D eigenvalue weighted by atomic mass is 16.6. The largest absolute Gasteiger partial charge is 0.466 e. The van der Waals surface area contributed by atoms with E-state index in [-0.39, 0.29) is 29.8 Å². The third-order valence-electron chi connectivity index (χ3n) is 7.45. The van der Waals surface area contributed by atoms with Gasteiger partial charge in [0.2, 0.25) is 0 Å². The molecule has 2 aromatic carbocycles. The van der Waals surface area contributed by atoms with Crippen LogP contribution in [0.3, 0.4) is 0 Å². The molecule has 36 heavy (non-hydrogen) atoms. The Morgan fingerprint density at radius 1 is 1.11 bits per heavy atom. The van der Waals surface area contributed by atoms with Gasteiger partial charge in [-0.15, -0.1) is 0 Å². The number of amides is 1. The summed E-state index contributed by atoms with van der Waals surface area (Å²) in [6.07, 6.45) is 4.01. The second kappa shape index (κ2) is 11.5. The Bertz CT molecular complexity index is 1040. The third kappa shape index (κ3) is 6.47. The number of benzene rings is 2. The molecule has 1 fully saturated rings. The molecule has 0 radical (unpaired) electrons. The molecule has 6 nitrogen and oxygen atoms in total. The Balaban J connectivity index is 1.28. The van der Waals surface area contributed by atoms with Gasteiger partial charge >= 0.3 is 12.1 Å². The van der Waals surface area contributed by atoms with Crippen LogP contribution in [0.1, 0.15) is 68.9 Å². The van der Waals surface area contributed by atoms with Crippen LogP contribution in [-0.4, -0.2) is 48.4 Å².